The highest BCUT2D eigenvalue weighted by Crippen LogP contribution is 2.34. The number of Topliss-reactive ketones (excluding diaryl/α,β-unsaturated/α-hetero) is 1. The molecule has 0 spiro atoms. The van der Waals surface area contributed by atoms with Gasteiger partial charge in [-0.2, -0.15) is 0 Å². The summed E-state index contributed by atoms with van der Waals surface area (Å²) >= 11 is 0. The standard InChI is InChI=1S/C11H11FO3/c1-7(13)4-8-5-9(12)11-10(6-8)14-2-3-15-11/h5-6H,2-4H2,1H3. The van der Waals surface area contributed by atoms with Gasteiger partial charge in [0.1, 0.15) is 19.0 Å². The largest absolute Gasteiger partial charge is 0.486 e. The van der Waals surface area contributed by atoms with Crippen LogP contribution in [0.3, 0.4) is 0 Å². The summed E-state index contributed by atoms with van der Waals surface area (Å²) in [5.74, 6) is 0.0561. The topological polar surface area (TPSA) is 35.5 Å². The minimum absolute atomic E-state index is 0.00826. The fourth-order valence-electron chi connectivity index (χ4n) is 1.55. The third-order valence-corrected chi connectivity index (χ3v) is 2.11. The van der Waals surface area contributed by atoms with E-state index in [1.54, 1.807) is 6.07 Å². The SMILES string of the molecule is CC(=O)Cc1cc(F)c2c(c1)OCCO2. The van der Waals surface area contributed by atoms with Gasteiger partial charge in [0, 0.05) is 6.42 Å². The van der Waals surface area contributed by atoms with E-state index in [1.807, 2.05) is 0 Å². The molecular formula is C11H11FO3. The van der Waals surface area contributed by atoms with E-state index >= 15 is 0 Å². The van der Waals surface area contributed by atoms with Crippen LogP contribution in [0.15, 0.2) is 12.1 Å². The molecule has 0 aliphatic carbocycles. The van der Waals surface area contributed by atoms with Crippen LogP contribution in [0.5, 0.6) is 11.5 Å². The first kappa shape index (κ1) is 9.96. The van der Waals surface area contributed by atoms with E-state index in [0.717, 1.165) is 0 Å². The molecule has 4 heteroatoms. The molecule has 0 bridgehead atoms. The Morgan fingerprint density at radius 1 is 1.40 bits per heavy atom. The second kappa shape index (κ2) is 3.88. The van der Waals surface area contributed by atoms with Crippen molar-refractivity contribution in [3.05, 3.63) is 23.5 Å². The van der Waals surface area contributed by atoms with Crippen molar-refractivity contribution >= 4 is 5.78 Å². The van der Waals surface area contributed by atoms with E-state index in [-0.39, 0.29) is 18.0 Å². The number of halogens is 1. The van der Waals surface area contributed by atoms with Gasteiger partial charge in [0.25, 0.3) is 0 Å². The van der Waals surface area contributed by atoms with Crippen LogP contribution >= 0.6 is 0 Å². The molecule has 0 radical (unpaired) electrons. The number of ether oxygens (including phenoxy) is 2. The summed E-state index contributed by atoms with van der Waals surface area (Å²) in [6, 6.07) is 2.97. The lowest BCUT2D eigenvalue weighted by atomic mass is 10.1. The third-order valence-electron chi connectivity index (χ3n) is 2.11. The Bertz CT molecular complexity index is 401. The zero-order valence-electron chi connectivity index (χ0n) is 8.38. The lowest BCUT2D eigenvalue weighted by molar-refractivity contribution is -0.116. The Balaban J connectivity index is 2.36. The fourth-order valence-corrected chi connectivity index (χ4v) is 1.55. The molecule has 80 valence electrons. The summed E-state index contributed by atoms with van der Waals surface area (Å²) in [5.41, 5.74) is 0.615. The molecule has 1 aliphatic heterocycles. The molecule has 2 rings (SSSR count). The lowest BCUT2D eigenvalue weighted by Gasteiger charge is -2.19. The molecule has 0 atom stereocenters. The number of hydrogen-bond acceptors (Lipinski definition) is 3. The van der Waals surface area contributed by atoms with E-state index in [2.05, 4.69) is 0 Å². The van der Waals surface area contributed by atoms with Crippen molar-refractivity contribution in [1.29, 1.82) is 0 Å². The molecule has 0 unspecified atom stereocenters. The Kier molecular flexibility index (Phi) is 2.58. The van der Waals surface area contributed by atoms with E-state index in [0.29, 0.717) is 24.5 Å². The number of rotatable bonds is 2. The normalized spacial score (nSPS) is 13.7. The first-order valence-electron chi connectivity index (χ1n) is 4.74. The van der Waals surface area contributed by atoms with Crippen molar-refractivity contribution in [3.8, 4) is 11.5 Å². The van der Waals surface area contributed by atoms with Crippen LogP contribution in [0.2, 0.25) is 0 Å². The molecule has 0 aromatic heterocycles. The van der Waals surface area contributed by atoms with Gasteiger partial charge in [-0.05, 0) is 24.6 Å². The summed E-state index contributed by atoms with van der Waals surface area (Å²) in [6.45, 7) is 2.24. The van der Waals surface area contributed by atoms with Crippen LogP contribution in [0.4, 0.5) is 4.39 Å². The summed E-state index contributed by atoms with van der Waals surface area (Å²) in [6.07, 6.45) is 0.216. The molecular weight excluding hydrogens is 199 g/mol. The van der Waals surface area contributed by atoms with Gasteiger partial charge in [-0.15, -0.1) is 0 Å². The van der Waals surface area contributed by atoms with Crippen LogP contribution in [-0.2, 0) is 11.2 Å². The number of hydrogen-bond donors (Lipinski definition) is 0. The fraction of sp³-hybridized carbons (Fsp3) is 0.364. The molecule has 1 aliphatic rings. The molecule has 3 nitrogen and oxygen atoms in total. The molecule has 15 heavy (non-hydrogen) atoms. The Labute approximate surface area is 86.8 Å². The van der Waals surface area contributed by atoms with Crippen LogP contribution < -0.4 is 9.47 Å². The van der Waals surface area contributed by atoms with Crippen LogP contribution in [0.25, 0.3) is 0 Å². The maximum atomic E-state index is 13.5. The highest BCUT2D eigenvalue weighted by molar-refractivity contribution is 5.78. The first-order valence-corrected chi connectivity index (χ1v) is 4.74. The number of fused-ring (bicyclic) bond motifs is 1. The third kappa shape index (κ3) is 2.09. The monoisotopic (exact) mass is 210 g/mol. The number of benzene rings is 1. The van der Waals surface area contributed by atoms with Crippen molar-refractivity contribution in [2.45, 2.75) is 13.3 Å². The van der Waals surface area contributed by atoms with Crippen LogP contribution in [0.1, 0.15) is 12.5 Å². The van der Waals surface area contributed by atoms with Crippen LogP contribution in [0, 0.1) is 5.82 Å². The van der Waals surface area contributed by atoms with Gasteiger partial charge in [0.15, 0.2) is 17.3 Å². The predicted octanol–water partition coefficient (Wildman–Crippen LogP) is 1.73. The maximum Gasteiger partial charge on any atom is 0.197 e. The van der Waals surface area contributed by atoms with Crippen molar-refractivity contribution in [2.24, 2.45) is 0 Å². The van der Waals surface area contributed by atoms with Gasteiger partial charge in [-0.1, -0.05) is 0 Å². The van der Waals surface area contributed by atoms with Crippen molar-refractivity contribution in [3.63, 3.8) is 0 Å². The highest BCUT2D eigenvalue weighted by Gasteiger charge is 2.17. The van der Waals surface area contributed by atoms with Gasteiger partial charge in [-0.3, -0.25) is 4.79 Å². The molecule has 1 heterocycles. The van der Waals surface area contributed by atoms with E-state index in [1.165, 1.54) is 13.0 Å². The molecule has 0 fully saturated rings. The summed E-state index contributed by atoms with van der Waals surface area (Å²) in [5, 5.41) is 0. The first-order chi connectivity index (χ1) is 7.16. The lowest BCUT2D eigenvalue weighted by Crippen LogP contribution is -2.16. The number of carbonyl (C=O) groups is 1. The van der Waals surface area contributed by atoms with Gasteiger partial charge in [0.2, 0.25) is 0 Å². The quantitative estimate of drug-likeness (QED) is 0.745. The van der Waals surface area contributed by atoms with Crippen molar-refractivity contribution < 1.29 is 18.7 Å². The van der Waals surface area contributed by atoms with Crippen LogP contribution in [-0.4, -0.2) is 19.0 Å². The highest BCUT2D eigenvalue weighted by atomic mass is 19.1. The Hall–Kier alpha value is -1.58. The van der Waals surface area contributed by atoms with E-state index in [9.17, 15) is 9.18 Å². The maximum absolute atomic E-state index is 13.5. The predicted molar refractivity (Wildman–Crippen MR) is 51.8 cm³/mol. The molecule has 0 saturated heterocycles. The van der Waals surface area contributed by atoms with Crippen molar-refractivity contribution in [1.82, 2.24) is 0 Å². The molecule has 1 aromatic rings. The zero-order chi connectivity index (χ0) is 10.8. The summed E-state index contributed by atoms with van der Waals surface area (Å²) < 4.78 is 23.8. The Morgan fingerprint density at radius 3 is 2.87 bits per heavy atom. The van der Waals surface area contributed by atoms with Gasteiger partial charge < -0.3 is 9.47 Å². The smallest absolute Gasteiger partial charge is 0.197 e. The minimum Gasteiger partial charge on any atom is -0.486 e. The number of ketones is 1. The van der Waals surface area contributed by atoms with E-state index in [4.69, 9.17) is 9.47 Å². The van der Waals surface area contributed by atoms with Gasteiger partial charge in [0.05, 0.1) is 0 Å². The second-order valence-corrected chi connectivity index (χ2v) is 3.48. The Morgan fingerprint density at radius 2 is 2.13 bits per heavy atom. The minimum atomic E-state index is -0.469. The van der Waals surface area contributed by atoms with Gasteiger partial charge in [-0.25, -0.2) is 4.39 Å². The molecule has 0 saturated carbocycles. The summed E-state index contributed by atoms with van der Waals surface area (Å²) in [4.78, 5) is 10.9. The zero-order valence-corrected chi connectivity index (χ0v) is 8.38. The number of carbonyl (C=O) groups excluding carboxylic acids is 1. The molecule has 1 aromatic carbocycles. The average molecular weight is 210 g/mol. The average Bonchev–Trinajstić information content (AvgIpc) is 2.16. The van der Waals surface area contributed by atoms with Crippen molar-refractivity contribution in [2.75, 3.05) is 13.2 Å². The van der Waals surface area contributed by atoms with E-state index < -0.39 is 5.82 Å². The van der Waals surface area contributed by atoms with Gasteiger partial charge >= 0.3 is 0 Å². The second-order valence-electron chi connectivity index (χ2n) is 3.48. The molecule has 0 amide bonds. The summed E-state index contributed by atoms with van der Waals surface area (Å²) in [7, 11) is 0. The molecule has 0 N–H and O–H groups in total.